The summed E-state index contributed by atoms with van der Waals surface area (Å²) >= 11 is 0. The topological polar surface area (TPSA) is 96.5 Å². The average Bonchev–Trinajstić information content (AvgIpc) is 2.80. The normalized spacial score (nSPS) is 28.4. The minimum atomic E-state index is -3.32. The Morgan fingerprint density at radius 2 is 1.94 bits per heavy atom. The molecule has 0 amide bonds. The van der Waals surface area contributed by atoms with E-state index in [0.29, 0.717) is 39.0 Å². The molecule has 2 heterocycles. The molecule has 0 spiro atoms. The summed E-state index contributed by atoms with van der Waals surface area (Å²) in [6.07, 6.45) is 2.54. The number of nitrogens with two attached hydrogens (primary N) is 1. The minimum Gasteiger partial charge on any atom is -0.386 e. The first-order valence-electron chi connectivity index (χ1n) is 5.96. The van der Waals surface area contributed by atoms with Crippen molar-refractivity contribution >= 4 is 15.9 Å². The summed E-state index contributed by atoms with van der Waals surface area (Å²) in [6.45, 7) is 1.49. The first-order chi connectivity index (χ1) is 8.03. The number of hydrogen-bond donors (Lipinski definition) is 2. The number of ether oxygens (including phenoxy) is 1. The smallest absolute Gasteiger partial charge is 0.217 e. The summed E-state index contributed by atoms with van der Waals surface area (Å²) in [5.41, 5.74) is 5.47. The van der Waals surface area contributed by atoms with E-state index >= 15 is 0 Å². The molecular weight excluding hydrogens is 242 g/mol. The van der Waals surface area contributed by atoms with Crippen LogP contribution in [0, 0.1) is 5.41 Å². The van der Waals surface area contributed by atoms with E-state index in [9.17, 15) is 8.42 Å². The third kappa shape index (κ3) is 2.46. The monoisotopic (exact) mass is 261 g/mol. The summed E-state index contributed by atoms with van der Waals surface area (Å²) in [7, 11) is -3.32. The van der Waals surface area contributed by atoms with Gasteiger partial charge in [0.25, 0.3) is 0 Å². The van der Waals surface area contributed by atoms with Crippen molar-refractivity contribution in [3.63, 3.8) is 0 Å². The number of nitrogens with one attached hydrogen (secondary N) is 1. The van der Waals surface area contributed by atoms with E-state index in [1.165, 1.54) is 4.31 Å². The van der Waals surface area contributed by atoms with Gasteiger partial charge in [0, 0.05) is 19.8 Å². The highest BCUT2D eigenvalue weighted by atomic mass is 32.2. The fourth-order valence-corrected chi connectivity index (χ4v) is 4.65. The quantitative estimate of drug-likeness (QED) is 0.547. The lowest BCUT2D eigenvalue weighted by atomic mass is 10.2. The molecule has 17 heavy (non-hydrogen) atoms. The molecule has 2 fully saturated rings. The van der Waals surface area contributed by atoms with E-state index in [1.807, 2.05) is 0 Å². The third-order valence-electron chi connectivity index (χ3n) is 3.48. The molecule has 2 aliphatic rings. The SMILES string of the molecule is N=C(N)C1CCCN1S(=O)(=O)C1CCOCC1. The van der Waals surface area contributed by atoms with Crippen LogP contribution >= 0.6 is 0 Å². The van der Waals surface area contributed by atoms with Gasteiger partial charge in [0.05, 0.1) is 11.3 Å². The average molecular weight is 261 g/mol. The lowest BCUT2D eigenvalue weighted by molar-refractivity contribution is 0.0972. The lowest BCUT2D eigenvalue weighted by Gasteiger charge is -2.30. The van der Waals surface area contributed by atoms with Crippen LogP contribution in [0.4, 0.5) is 0 Å². The summed E-state index contributed by atoms with van der Waals surface area (Å²) in [5.74, 6) is -0.0434. The van der Waals surface area contributed by atoms with Gasteiger partial charge < -0.3 is 10.5 Å². The molecule has 0 radical (unpaired) electrons. The molecular formula is C10H19N3O3S. The zero-order valence-electron chi connectivity index (χ0n) is 9.76. The molecule has 1 atom stereocenters. The van der Waals surface area contributed by atoms with Crippen molar-refractivity contribution < 1.29 is 13.2 Å². The second kappa shape index (κ2) is 4.91. The molecule has 6 nitrogen and oxygen atoms in total. The van der Waals surface area contributed by atoms with Crippen molar-refractivity contribution in [3.8, 4) is 0 Å². The predicted octanol–water partition coefficient (Wildman–Crippen LogP) is -0.104. The Labute approximate surface area is 102 Å². The zero-order chi connectivity index (χ0) is 12.5. The summed E-state index contributed by atoms with van der Waals surface area (Å²) < 4.78 is 31.4. The fourth-order valence-electron chi connectivity index (χ4n) is 2.52. The second-order valence-corrected chi connectivity index (χ2v) is 6.75. The first-order valence-corrected chi connectivity index (χ1v) is 7.46. The van der Waals surface area contributed by atoms with Gasteiger partial charge in [0.2, 0.25) is 10.0 Å². The van der Waals surface area contributed by atoms with Crippen LogP contribution in [0.3, 0.4) is 0 Å². The van der Waals surface area contributed by atoms with Gasteiger partial charge in [-0.3, -0.25) is 5.41 Å². The van der Waals surface area contributed by atoms with Crippen molar-refractivity contribution in [2.45, 2.75) is 37.0 Å². The molecule has 2 aliphatic heterocycles. The Bertz CT molecular complexity index is 390. The van der Waals surface area contributed by atoms with Crippen molar-refractivity contribution in [2.24, 2.45) is 5.73 Å². The molecule has 0 saturated carbocycles. The molecule has 2 saturated heterocycles. The molecule has 7 heteroatoms. The number of amidine groups is 1. The summed E-state index contributed by atoms with van der Waals surface area (Å²) in [6, 6.07) is -0.428. The number of hydrogen-bond acceptors (Lipinski definition) is 4. The third-order valence-corrected chi connectivity index (χ3v) is 5.88. The van der Waals surface area contributed by atoms with Gasteiger partial charge >= 0.3 is 0 Å². The van der Waals surface area contributed by atoms with Gasteiger partial charge in [0.1, 0.15) is 5.84 Å². The standard InChI is InChI=1S/C10H19N3O3S/c11-10(12)9-2-1-5-13(9)17(14,15)8-3-6-16-7-4-8/h8-9H,1-7H2,(H3,11,12). The van der Waals surface area contributed by atoms with Crippen molar-refractivity contribution in [2.75, 3.05) is 19.8 Å². The molecule has 0 aliphatic carbocycles. The number of rotatable bonds is 3. The van der Waals surface area contributed by atoms with Crippen LogP contribution in [0.25, 0.3) is 0 Å². The molecule has 1 unspecified atom stereocenters. The van der Waals surface area contributed by atoms with Crippen LogP contribution < -0.4 is 5.73 Å². The minimum absolute atomic E-state index is 0.0434. The maximum atomic E-state index is 12.4. The molecule has 98 valence electrons. The number of nitrogens with zero attached hydrogens (tertiary/aromatic N) is 1. The van der Waals surface area contributed by atoms with Crippen LogP contribution in [-0.2, 0) is 14.8 Å². The molecule has 3 N–H and O–H groups in total. The predicted molar refractivity (Wildman–Crippen MR) is 64.4 cm³/mol. The highest BCUT2D eigenvalue weighted by Gasteiger charge is 2.40. The van der Waals surface area contributed by atoms with Crippen LogP contribution in [0.15, 0.2) is 0 Å². The van der Waals surface area contributed by atoms with Crippen molar-refractivity contribution in [3.05, 3.63) is 0 Å². The Kier molecular flexibility index (Phi) is 3.70. The van der Waals surface area contributed by atoms with E-state index in [-0.39, 0.29) is 11.1 Å². The van der Waals surface area contributed by atoms with E-state index in [0.717, 1.165) is 6.42 Å². The van der Waals surface area contributed by atoms with Gasteiger partial charge in [0.15, 0.2) is 0 Å². The highest BCUT2D eigenvalue weighted by Crippen LogP contribution is 2.27. The molecule has 0 aromatic rings. The zero-order valence-corrected chi connectivity index (χ0v) is 10.6. The lowest BCUT2D eigenvalue weighted by Crippen LogP contribution is -2.48. The van der Waals surface area contributed by atoms with Gasteiger partial charge in [-0.1, -0.05) is 0 Å². The van der Waals surface area contributed by atoms with E-state index in [1.54, 1.807) is 0 Å². The first kappa shape index (κ1) is 12.8. The highest BCUT2D eigenvalue weighted by molar-refractivity contribution is 7.89. The summed E-state index contributed by atoms with van der Waals surface area (Å²) in [5, 5.41) is 7.10. The molecule has 0 aromatic carbocycles. The van der Waals surface area contributed by atoms with Gasteiger partial charge in [-0.2, -0.15) is 4.31 Å². The summed E-state index contributed by atoms with van der Waals surface area (Å²) in [4.78, 5) is 0. The number of sulfonamides is 1. The van der Waals surface area contributed by atoms with Gasteiger partial charge in [-0.15, -0.1) is 0 Å². The molecule has 0 bridgehead atoms. The molecule has 2 rings (SSSR count). The Morgan fingerprint density at radius 3 is 2.53 bits per heavy atom. The van der Waals surface area contributed by atoms with Crippen LogP contribution in [0.5, 0.6) is 0 Å². The van der Waals surface area contributed by atoms with Crippen LogP contribution in [-0.4, -0.2) is 49.6 Å². The largest absolute Gasteiger partial charge is 0.386 e. The fraction of sp³-hybridized carbons (Fsp3) is 0.900. The van der Waals surface area contributed by atoms with Crippen molar-refractivity contribution in [1.82, 2.24) is 4.31 Å². The van der Waals surface area contributed by atoms with Crippen molar-refractivity contribution in [1.29, 1.82) is 5.41 Å². The van der Waals surface area contributed by atoms with E-state index in [4.69, 9.17) is 15.9 Å². The maximum Gasteiger partial charge on any atom is 0.217 e. The van der Waals surface area contributed by atoms with Crippen LogP contribution in [0.2, 0.25) is 0 Å². The Balaban J connectivity index is 2.16. The molecule has 0 aromatic heterocycles. The van der Waals surface area contributed by atoms with Gasteiger partial charge in [-0.05, 0) is 25.7 Å². The van der Waals surface area contributed by atoms with Crippen LogP contribution in [0.1, 0.15) is 25.7 Å². The second-order valence-electron chi connectivity index (χ2n) is 4.58. The Morgan fingerprint density at radius 1 is 1.29 bits per heavy atom. The van der Waals surface area contributed by atoms with E-state index < -0.39 is 16.1 Å². The van der Waals surface area contributed by atoms with Gasteiger partial charge in [-0.25, -0.2) is 8.42 Å². The van der Waals surface area contributed by atoms with E-state index in [2.05, 4.69) is 0 Å². The maximum absolute atomic E-state index is 12.4. The Hall–Kier alpha value is -0.660.